The molecule has 0 amide bonds. The zero-order valence-electron chi connectivity index (χ0n) is 11.4. The van der Waals surface area contributed by atoms with E-state index in [4.69, 9.17) is 9.52 Å². The Morgan fingerprint density at radius 1 is 1.10 bits per heavy atom. The Labute approximate surface area is 121 Å². The molecular weight excluding hydrogens is 266 g/mol. The van der Waals surface area contributed by atoms with E-state index in [1.54, 1.807) is 18.3 Å². The lowest BCUT2D eigenvalue weighted by molar-refractivity contribution is 0.0697. The molecule has 0 aliphatic carbocycles. The second kappa shape index (κ2) is 5.25. The first-order valence-electron chi connectivity index (χ1n) is 6.50. The van der Waals surface area contributed by atoms with Crippen LogP contribution in [0, 0.1) is 6.92 Å². The number of nitrogens with zero attached hydrogens (tertiary/aromatic N) is 1. The topological polar surface area (TPSA) is 63.3 Å². The predicted molar refractivity (Wildman–Crippen MR) is 79.1 cm³/mol. The van der Waals surface area contributed by atoms with Gasteiger partial charge in [-0.3, -0.25) is 0 Å². The zero-order chi connectivity index (χ0) is 14.8. The van der Waals surface area contributed by atoms with E-state index in [0.717, 1.165) is 16.7 Å². The normalized spacial score (nSPS) is 10.5. The van der Waals surface area contributed by atoms with E-state index >= 15 is 0 Å². The summed E-state index contributed by atoms with van der Waals surface area (Å²) in [4.78, 5) is 15.1. The molecule has 21 heavy (non-hydrogen) atoms. The van der Waals surface area contributed by atoms with Crippen molar-refractivity contribution in [3.05, 3.63) is 65.9 Å². The van der Waals surface area contributed by atoms with Gasteiger partial charge < -0.3 is 9.52 Å². The van der Waals surface area contributed by atoms with Gasteiger partial charge in [-0.1, -0.05) is 23.8 Å². The van der Waals surface area contributed by atoms with Crippen molar-refractivity contribution in [2.24, 2.45) is 0 Å². The number of carboxylic acids is 1. The minimum absolute atomic E-state index is 0.240. The third-order valence-electron chi connectivity index (χ3n) is 3.19. The van der Waals surface area contributed by atoms with Crippen molar-refractivity contribution in [2.45, 2.75) is 6.92 Å². The van der Waals surface area contributed by atoms with E-state index in [1.807, 2.05) is 31.2 Å². The standard InChI is InChI=1S/C17H13NO3/c1-11-3-2-4-14(9-11)15-10-18-16(21-15)12-5-7-13(8-6-12)17(19)20/h2-10H,1H3,(H,19,20). The molecule has 3 aromatic rings. The van der Waals surface area contributed by atoms with Crippen molar-refractivity contribution >= 4 is 5.97 Å². The predicted octanol–water partition coefficient (Wildman–Crippen LogP) is 4.02. The van der Waals surface area contributed by atoms with Gasteiger partial charge in [0.15, 0.2) is 5.76 Å². The molecule has 0 aliphatic rings. The molecule has 1 heterocycles. The van der Waals surface area contributed by atoms with Gasteiger partial charge in [0.05, 0.1) is 11.8 Å². The van der Waals surface area contributed by atoms with Crippen molar-refractivity contribution in [1.29, 1.82) is 0 Å². The quantitative estimate of drug-likeness (QED) is 0.786. The van der Waals surface area contributed by atoms with Gasteiger partial charge in [-0.2, -0.15) is 0 Å². The number of benzene rings is 2. The molecule has 2 aromatic carbocycles. The van der Waals surface area contributed by atoms with E-state index in [-0.39, 0.29) is 5.56 Å². The lowest BCUT2D eigenvalue weighted by Crippen LogP contribution is -1.94. The average Bonchev–Trinajstić information content (AvgIpc) is 2.97. The minimum atomic E-state index is -0.950. The van der Waals surface area contributed by atoms with E-state index in [1.165, 1.54) is 12.1 Å². The van der Waals surface area contributed by atoms with E-state index in [2.05, 4.69) is 4.98 Å². The maximum atomic E-state index is 10.8. The number of carbonyl (C=O) groups is 1. The van der Waals surface area contributed by atoms with Gasteiger partial charge in [-0.25, -0.2) is 9.78 Å². The van der Waals surface area contributed by atoms with Crippen LogP contribution >= 0.6 is 0 Å². The average molecular weight is 279 g/mol. The number of oxazole rings is 1. The first-order valence-corrected chi connectivity index (χ1v) is 6.50. The van der Waals surface area contributed by atoms with Crippen LogP contribution in [0.15, 0.2) is 59.1 Å². The summed E-state index contributed by atoms with van der Waals surface area (Å²) in [7, 11) is 0. The Hall–Kier alpha value is -2.88. The molecule has 0 fully saturated rings. The lowest BCUT2D eigenvalue weighted by Gasteiger charge is -1.99. The minimum Gasteiger partial charge on any atom is -0.478 e. The van der Waals surface area contributed by atoms with Crippen LogP contribution in [0.2, 0.25) is 0 Å². The second-order valence-corrected chi connectivity index (χ2v) is 4.78. The molecular formula is C17H13NO3. The van der Waals surface area contributed by atoms with Gasteiger partial charge in [0.2, 0.25) is 5.89 Å². The number of carboxylic acid groups (broad SMARTS) is 1. The number of aryl methyl sites for hydroxylation is 1. The molecule has 0 atom stereocenters. The molecule has 4 heteroatoms. The first kappa shape index (κ1) is 13.1. The van der Waals surface area contributed by atoms with Crippen LogP contribution in [0.25, 0.3) is 22.8 Å². The number of aromatic nitrogens is 1. The summed E-state index contributed by atoms with van der Waals surface area (Å²) in [5.41, 5.74) is 3.11. The molecule has 4 nitrogen and oxygen atoms in total. The van der Waals surface area contributed by atoms with Crippen molar-refractivity contribution in [1.82, 2.24) is 4.98 Å². The van der Waals surface area contributed by atoms with Crippen LogP contribution in [0.3, 0.4) is 0 Å². The number of aromatic carboxylic acids is 1. The molecule has 0 radical (unpaired) electrons. The highest BCUT2D eigenvalue weighted by atomic mass is 16.4. The van der Waals surface area contributed by atoms with Crippen LogP contribution in [0.4, 0.5) is 0 Å². The highest BCUT2D eigenvalue weighted by Gasteiger charge is 2.09. The summed E-state index contributed by atoms with van der Waals surface area (Å²) in [6.45, 7) is 2.02. The fourth-order valence-corrected chi connectivity index (χ4v) is 2.09. The highest BCUT2D eigenvalue weighted by molar-refractivity contribution is 5.88. The molecule has 0 saturated carbocycles. The fraction of sp³-hybridized carbons (Fsp3) is 0.0588. The molecule has 0 spiro atoms. The van der Waals surface area contributed by atoms with Gasteiger partial charge in [0, 0.05) is 11.1 Å². The van der Waals surface area contributed by atoms with E-state index < -0.39 is 5.97 Å². The van der Waals surface area contributed by atoms with Gasteiger partial charge in [0.25, 0.3) is 0 Å². The maximum absolute atomic E-state index is 10.8. The van der Waals surface area contributed by atoms with Gasteiger partial charge in [0.1, 0.15) is 0 Å². The van der Waals surface area contributed by atoms with Crippen molar-refractivity contribution in [3.63, 3.8) is 0 Å². The Bertz CT molecular complexity index is 788. The fourth-order valence-electron chi connectivity index (χ4n) is 2.09. The number of rotatable bonds is 3. The molecule has 0 saturated heterocycles. The third-order valence-corrected chi connectivity index (χ3v) is 3.19. The van der Waals surface area contributed by atoms with Crippen LogP contribution in [-0.2, 0) is 0 Å². The second-order valence-electron chi connectivity index (χ2n) is 4.78. The van der Waals surface area contributed by atoms with Crippen molar-refractivity contribution in [2.75, 3.05) is 0 Å². The zero-order valence-corrected chi connectivity index (χ0v) is 11.4. The lowest BCUT2D eigenvalue weighted by atomic mass is 10.1. The smallest absolute Gasteiger partial charge is 0.335 e. The number of hydrogen-bond donors (Lipinski definition) is 1. The molecule has 1 N–H and O–H groups in total. The number of hydrogen-bond acceptors (Lipinski definition) is 3. The summed E-state index contributed by atoms with van der Waals surface area (Å²) in [6.07, 6.45) is 1.68. The first-order chi connectivity index (χ1) is 10.1. The molecule has 1 aromatic heterocycles. The van der Waals surface area contributed by atoms with E-state index in [9.17, 15) is 4.79 Å². The maximum Gasteiger partial charge on any atom is 0.335 e. The van der Waals surface area contributed by atoms with Crippen LogP contribution in [0.5, 0.6) is 0 Å². The van der Waals surface area contributed by atoms with Crippen LogP contribution in [0.1, 0.15) is 15.9 Å². The monoisotopic (exact) mass is 279 g/mol. The van der Waals surface area contributed by atoms with Gasteiger partial charge in [-0.15, -0.1) is 0 Å². The highest BCUT2D eigenvalue weighted by Crippen LogP contribution is 2.26. The molecule has 104 valence electrons. The van der Waals surface area contributed by atoms with Crippen molar-refractivity contribution in [3.8, 4) is 22.8 Å². The van der Waals surface area contributed by atoms with Gasteiger partial charge in [-0.05, 0) is 37.3 Å². The summed E-state index contributed by atoms with van der Waals surface area (Å²) in [5.74, 6) is 0.217. The molecule has 0 aliphatic heterocycles. The molecule has 3 rings (SSSR count). The van der Waals surface area contributed by atoms with Gasteiger partial charge >= 0.3 is 5.97 Å². The summed E-state index contributed by atoms with van der Waals surface area (Å²) < 4.78 is 5.75. The van der Waals surface area contributed by atoms with Crippen LogP contribution < -0.4 is 0 Å². The summed E-state index contributed by atoms with van der Waals surface area (Å²) in [6, 6.07) is 14.4. The molecule has 0 bridgehead atoms. The SMILES string of the molecule is Cc1cccc(-c2cnc(-c3ccc(C(=O)O)cc3)o2)c1. The Kier molecular flexibility index (Phi) is 3.28. The Balaban J connectivity index is 1.93. The largest absolute Gasteiger partial charge is 0.478 e. The van der Waals surface area contributed by atoms with Crippen LogP contribution in [-0.4, -0.2) is 16.1 Å². The van der Waals surface area contributed by atoms with Crippen molar-refractivity contribution < 1.29 is 14.3 Å². The third kappa shape index (κ3) is 2.69. The summed E-state index contributed by atoms with van der Waals surface area (Å²) in [5, 5.41) is 8.89. The summed E-state index contributed by atoms with van der Waals surface area (Å²) >= 11 is 0. The Morgan fingerprint density at radius 3 is 2.52 bits per heavy atom. The molecule has 0 unspecified atom stereocenters. The van der Waals surface area contributed by atoms with E-state index in [0.29, 0.717) is 11.7 Å². The Morgan fingerprint density at radius 2 is 1.86 bits per heavy atom.